The van der Waals surface area contributed by atoms with Crippen LogP contribution in [0.4, 0.5) is 0 Å². The fourth-order valence-electron chi connectivity index (χ4n) is 6.86. The minimum atomic E-state index is -0.747. The topological polar surface area (TPSA) is 65.1 Å². The summed E-state index contributed by atoms with van der Waals surface area (Å²) in [5.74, 6) is -0.418. The summed E-state index contributed by atoms with van der Waals surface area (Å²) in [4.78, 5) is 27.4. The molecule has 0 bridgehead atoms. The number of ether oxygens (including phenoxy) is 3. The van der Waals surface area contributed by atoms with E-state index in [-0.39, 0.29) is 42.1 Å². The van der Waals surface area contributed by atoms with Crippen molar-refractivity contribution in [2.24, 2.45) is 11.8 Å². The normalized spacial score (nSPS) is 26.3. The highest BCUT2D eigenvalue weighted by atomic mass is 16.7. The molecule has 0 spiro atoms. The molecule has 2 saturated heterocycles. The molecule has 0 N–H and O–H groups in total. The van der Waals surface area contributed by atoms with Gasteiger partial charge < -0.3 is 14.2 Å². The molecule has 234 valence electrons. The lowest BCUT2D eigenvalue weighted by Gasteiger charge is -2.36. The number of carbonyl (C=O) groups is 2. The first-order valence-corrected chi connectivity index (χ1v) is 17.6. The van der Waals surface area contributed by atoms with Crippen molar-refractivity contribution < 1.29 is 23.8 Å². The number of rotatable bonds is 18. The highest BCUT2D eigenvalue weighted by molar-refractivity contribution is 5.76. The molecule has 40 heavy (non-hydrogen) atoms. The SMILES string of the molecule is CCCCCCCC(C(=O)OC(CC)CCCC)C12OC1CCCCCCCCC(=O)OC2C(CC)CCCC. The Morgan fingerprint density at radius 1 is 0.800 bits per heavy atom. The van der Waals surface area contributed by atoms with Gasteiger partial charge in [-0.1, -0.05) is 125 Å². The number of fused-ring (bicyclic) bond motifs is 1. The minimum absolute atomic E-state index is 0.0364. The number of carbonyl (C=O) groups excluding carboxylic acids is 2. The summed E-state index contributed by atoms with van der Waals surface area (Å²) in [7, 11) is 0. The van der Waals surface area contributed by atoms with Gasteiger partial charge in [0, 0.05) is 6.42 Å². The van der Waals surface area contributed by atoms with Crippen molar-refractivity contribution in [3.8, 4) is 0 Å². The molecule has 0 aromatic heterocycles. The van der Waals surface area contributed by atoms with Crippen LogP contribution < -0.4 is 0 Å². The minimum Gasteiger partial charge on any atom is -0.462 e. The Balaban J connectivity index is 2.45. The molecule has 2 aliphatic heterocycles. The van der Waals surface area contributed by atoms with E-state index in [2.05, 4.69) is 34.6 Å². The van der Waals surface area contributed by atoms with Gasteiger partial charge in [-0.05, 0) is 50.9 Å². The Labute approximate surface area is 247 Å². The monoisotopic (exact) mass is 564 g/mol. The Morgan fingerprint density at radius 2 is 1.45 bits per heavy atom. The summed E-state index contributed by atoms with van der Waals surface area (Å²) in [5.41, 5.74) is -0.747. The largest absolute Gasteiger partial charge is 0.462 e. The summed E-state index contributed by atoms with van der Waals surface area (Å²) < 4.78 is 19.5. The van der Waals surface area contributed by atoms with Crippen molar-refractivity contribution in [3.63, 3.8) is 0 Å². The van der Waals surface area contributed by atoms with Crippen molar-refractivity contribution in [3.05, 3.63) is 0 Å². The van der Waals surface area contributed by atoms with Gasteiger partial charge in [0.1, 0.15) is 17.8 Å². The highest BCUT2D eigenvalue weighted by Gasteiger charge is 2.69. The third-order valence-corrected chi connectivity index (χ3v) is 9.52. The van der Waals surface area contributed by atoms with E-state index >= 15 is 0 Å². The number of cyclic esters (lactones) is 1. The van der Waals surface area contributed by atoms with Gasteiger partial charge in [0.05, 0.1) is 12.0 Å². The van der Waals surface area contributed by atoms with Gasteiger partial charge in [-0.2, -0.15) is 0 Å². The fraction of sp³-hybridized carbons (Fsp3) is 0.943. The van der Waals surface area contributed by atoms with Crippen LogP contribution in [0.1, 0.15) is 176 Å². The molecule has 0 aromatic rings. The lowest BCUT2D eigenvalue weighted by Crippen LogP contribution is -2.50. The second-order valence-electron chi connectivity index (χ2n) is 12.7. The van der Waals surface area contributed by atoms with E-state index in [0.717, 1.165) is 96.3 Å². The molecule has 5 nitrogen and oxygen atoms in total. The zero-order chi connectivity index (χ0) is 29.2. The van der Waals surface area contributed by atoms with Crippen LogP contribution in [0.3, 0.4) is 0 Å². The van der Waals surface area contributed by atoms with E-state index in [4.69, 9.17) is 14.2 Å². The van der Waals surface area contributed by atoms with E-state index in [1.54, 1.807) is 0 Å². The van der Waals surface area contributed by atoms with Gasteiger partial charge in [-0.15, -0.1) is 0 Å². The molecule has 2 rings (SSSR count). The molecule has 0 radical (unpaired) electrons. The smallest absolute Gasteiger partial charge is 0.312 e. The molecular weight excluding hydrogens is 500 g/mol. The maximum Gasteiger partial charge on any atom is 0.312 e. The maximum absolute atomic E-state index is 14.2. The van der Waals surface area contributed by atoms with Crippen molar-refractivity contribution in [1.29, 1.82) is 0 Å². The van der Waals surface area contributed by atoms with Crippen molar-refractivity contribution >= 4 is 11.9 Å². The lowest BCUT2D eigenvalue weighted by atomic mass is 9.73. The molecule has 2 aliphatic rings. The first-order valence-electron chi connectivity index (χ1n) is 17.6. The molecule has 2 fully saturated rings. The predicted octanol–water partition coefficient (Wildman–Crippen LogP) is 9.88. The lowest BCUT2D eigenvalue weighted by molar-refractivity contribution is -0.170. The van der Waals surface area contributed by atoms with Gasteiger partial charge in [-0.3, -0.25) is 9.59 Å². The predicted molar refractivity (Wildman–Crippen MR) is 164 cm³/mol. The Hall–Kier alpha value is -1.10. The van der Waals surface area contributed by atoms with Crippen LogP contribution in [0.15, 0.2) is 0 Å². The molecule has 6 atom stereocenters. The average molecular weight is 565 g/mol. The van der Waals surface area contributed by atoms with E-state index in [1.165, 1.54) is 38.5 Å². The number of hydrogen-bond donors (Lipinski definition) is 0. The maximum atomic E-state index is 14.2. The third-order valence-electron chi connectivity index (χ3n) is 9.52. The summed E-state index contributed by atoms with van der Waals surface area (Å²) in [5, 5.41) is 0. The molecule has 0 aliphatic carbocycles. The van der Waals surface area contributed by atoms with Crippen molar-refractivity contribution in [2.45, 2.75) is 200 Å². The first kappa shape index (κ1) is 35.1. The number of hydrogen-bond acceptors (Lipinski definition) is 5. The van der Waals surface area contributed by atoms with Crippen LogP contribution in [-0.4, -0.2) is 35.9 Å². The fourth-order valence-corrected chi connectivity index (χ4v) is 6.86. The standard InChI is InChI=1S/C35H64O5/c1-6-11-14-17-20-25-30(34(37)38-29(10-5)24-13-8-3)35-31(40-35)26-21-18-15-16-19-22-27-32(36)39-33(35)28(9-4)23-12-7-2/h28-31,33H,6-27H2,1-5H3. The molecular formula is C35H64O5. The molecule has 5 heteroatoms. The van der Waals surface area contributed by atoms with Gasteiger partial charge in [-0.25, -0.2) is 0 Å². The number of epoxide rings is 1. The average Bonchev–Trinajstić information content (AvgIpc) is 3.67. The first-order chi connectivity index (χ1) is 19.5. The van der Waals surface area contributed by atoms with E-state index in [1.807, 2.05) is 0 Å². The van der Waals surface area contributed by atoms with Crippen LogP contribution in [0.5, 0.6) is 0 Å². The number of unbranched alkanes of at least 4 members (excludes halogenated alkanes) is 6. The molecule has 2 heterocycles. The Kier molecular flexibility index (Phi) is 17.5. The Bertz CT molecular complexity index is 693. The third kappa shape index (κ3) is 11.0. The number of esters is 2. The Morgan fingerprint density at radius 3 is 2.12 bits per heavy atom. The quantitative estimate of drug-likeness (QED) is 0.0941. The van der Waals surface area contributed by atoms with E-state index in [9.17, 15) is 9.59 Å². The van der Waals surface area contributed by atoms with E-state index in [0.29, 0.717) is 6.42 Å². The second kappa shape index (κ2) is 19.9. The zero-order valence-electron chi connectivity index (χ0n) is 27.0. The van der Waals surface area contributed by atoms with Crippen LogP contribution in [0, 0.1) is 11.8 Å². The van der Waals surface area contributed by atoms with Gasteiger partial charge in [0.2, 0.25) is 0 Å². The highest BCUT2D eigenvalue weighted by Crippen LogP contribution is 2.54. The summed E-state index contributed by atoms with van der Waals surface area (Å²) in [6.45, 7) is 11.0. The van der Waals surface area contributed by atoms with Crippen LogP contribution >= 0.6 is 0 Å². The summed E-state index contributed by atoms with van der Waals surface area (Å²) in [6.07, 6.45) is 22.0. The van der Waals surface area contributed by atoms with Crippen molar-refractivity contribution in [2.75, 3.05) is 0 Å². The van der Waals surface area contributed by atoms with Gasteiger partial charge in [0.15, 0.2) is 0 Å². The molecule has 0 saturated carbocycles. The zero-order valence-corrected chi connectivity index (χ0v) is 27.0. The van der Waals surface area contributed by atoms with E-state index < -0.39 is 5.60 Å². The summed E-state index contributed by atoms with van der Waals surface area (Å²) in [6, 6.07) is 0. The van der Waals surface area contributed by atoms with Gasteiger partial charge >= 0.3 is 11.9 Å². The molecule has 0 amide bonds. The summed E-state index contributed by atoms with van der Waals surface area (Å²) >= 11 is 0. The molecule has 0 aromatic carbocycles. The van der Waals surface area contributed by atoms with Crippen LogP contribution in [-0.2, 0) is 23.8 Å². The van der Waals surface area contributed by atoms with Gasteiger partial charge in [0.25, 0.3) is 0 Å². The second-order valence-corrected chi connectivity index (χ2v) is 12.7. The van der Waals surface area contributed by atoms with Crippen LogP contribution in [0.25, 0.3) is 0 Å². The molecule has 6 unspecified atom stereocenters. The van der Waals surface area contributed by atoms with Crippen molar-refractivity contribution in [1.82, 2.24) is 0 Å². The van der Waals surface area contributed by atoms with Crippen LogP contribution in [0.2, 0.25) is 0 Å².